The van der Waals surface area contributed by atoms with E-state index in [-0.39, 0.29) is 5.54 Å². The number of nitrogens with zero attached hydrogens (tertiary/aromatic N) is 1. The van der Waals surface area contributed by atoms with Crippen LogP contribution in [0.25, 0.3) is 0 Å². The van der Waals surface area contributed by atoms with Crippen molar-refractivity contribution in [3.05, 3.63) is 35.9 Å². The van der Waals surface area contributed by atoms with Gasteiger partial charge in [0.2, 0.25) is 0 Å². The van der Waals surface area contributed by atoms with Gasteiger partial charge in [0.05, 0.1) is 6.07 Å². The van der Waals surface area contributed by atoms with Gasteiger partial charge in [-0.05, 0) is 5.56 Å². The number of nitriles is 1. The van der Waals surface area contributed by atoms with Crippen molar-refractivity contribution in [3.8, 4) is 6.07 Å². The van der Waals surface area contributed by atoms with E-state index in [0.29, 0.717) is 0 Å². The van der Waals surface area contributed by atoms with Crippen LogP contribution in [0.3, 0.4) is 0 Å². The summed E-state index contributed by atoms with van der Waals surface area (Å²) >= 11 is 0. The molecule has 0 bridgehead atoms. The topological polar surface area (TPSA) is 47.9 Å². The maximum Gasteiger partial charge on any atom is 0.132 e. The molecule has 72 valence electrons. The normalized spacial score (nSPS) is 18.2. The Morgan fingerprint density at radius 2 is 2.07 bits per heavy atom. The van der Waals surface area contributed by atoms with Crippen molar-refractivity contribution in [2.45, 2.75) is 12.1 Å². The van der Waals surface area contributed by atoms with Gasteiger partial charge in [-0.1, -0.05) is 30.3 Å². The first-order valence-corrected chi connectivity index (χ1v) is 4.76. The summed E-state index contributed by atoms with van der Waals surface area (Å²) in [6.45, 7) is 2.25. The zero-order valence-electron chi connectivity index (χ0n) is 7.96. The summed E-state index contributed by atoms with van der Waals surface area (Å²) in [6, 6.07) is 12.4. The molecule has 1 aliphatic heterocycles. The molecule has 14 heavy (non-hydrogen) atoms. The Morgan fingerprint density at radius 1 is 1.36 bits per heavy atom. The first-order valence-electron chi connectivity index (χ1n) is 4.76. The van der Waals surface area contributed by atoms with E-state index >= 15 is 0 Å². The summed E-state index contributed by atoms with van der Waals surface area (Å²) in [5.41, 5.74) is 0.879. The minimum Gasteiger partial charge on any atom is -0.311 e. The molecule has 0 radical (unpaired) electrons. The van der Waals surface area contributed by atoms with Crippen LogP contribution in [-0.4, -0.2) is 18.6 Å². The molecule has 1 heterocycles. The molecule has 0 unspecified atom stereocenters. The summed E-state index contributed by atoms with van der Waals surface area (Å²) in [7, 11) is 0. The highest BCUT2D eigenvalue weighted by Crippen LogP contribution is 2.10. The van der Waals surface area contributed by atoms with E-state index in [0.717, 1.165) is 19.6 Å². The molecular formula is C11H13N3. The van der Waals surface area contributed by atoms with E-state index in [1.807, 2.05) is 18.2 Å². The average Bonchev–Trinajstić information content (AvgIpc) is 2.19. The monoisotopic (exact) mass is 187 g/mol. The molecule has 2 N–H and O–H groups in total. The molecule has 1 aromatic carbocycles. The fraction of sp³-hybridized carbons (Fsp3) is 0.364. The van der Waals surface area contributed by atoms with Crippen LogP contribution in [0, 0.1) is 11.3 Å². The number of hydrogen-bond donors (Lipinski definition) is 2. The van der Waals surface area contributed by atoms with E-state index in [1.165, 1.54) is 5.56 Å². The second-order valence-electron chi connectivity index (χ2n) is 3.64. The minimum atomic E-state index is -0.337. The van der Waals surface area contributed by atoms with Gasteiger partial charge in [-0.3, -0.25) is 5.32 Å². The fourth-order valence-electron chi connectivity index (χ4n) is 1.49. The van der Waals surface area contributed by atoms with Crippen molar-refractivity contribution >= 4 is 0 Å². The summed E-state index contributed by atoms with van der Waals surface area (Å²) < 4.78 is 0. The van der Waals surface area contributed by atoms with E-state index in [4.69, 9.17) is 5.26 Å². The van der Waals surface area contributed by atoms with Crippen LogP contribution in [0.15, 0.2) is 30.3 Å². The van der Waals surface area contributed by atoms with E-state index in [2.05, 4.69) is 28.8 Å². The Hall–Kier alpha value is -1.37. The highest BCUT2D eigenvalue weighted by molar-refractivity contribution is 5.19. The van der Waals surface area contributed by atoms with E-state index in [1.54, 1.807) is 0 Å². The van der Waals surface area contributed by atoms with Gasteiger partial charge in [-0.25, -0.2) is 0 Å². The smallest absolute Gasteiger partial charge is 0.132 e. The standard InChI is InChI=1S/C11H13N3/c12-7-11(8-13-9-11)14-6-10-4-2-1-3-5-10/h1-5,13-14H,6,8-9H2. The quantitative estimate of drug-likeness (QED) is 0.730. The largest absolute Gasteiger partial charge is 0.311 e. The van der Waals surface area contributed by atoms with Crippen molar-refractivity contribution in [1.82, 2.24) is 10.6 Å². The van der Waals surface area contributed by atoms with Crippen molar-refractivity contribution in [2.75, 3.05) is 13.1 Å². The maximum absolute atomic E-state index is 8.96. The van der Waals surface area contributed by atoms with Crippen LogP contribution in [0.4, 0.5) is 0 Å². The van der Waals surface area contributed by atoms with Crippen LogP contribution in [0.5, 0.6) is 0 Å². The zero-order valence-corrected chi connectivity index (χ0v) is 7.96. The highest BCUT2D eigenvalue weighted by atomic mass is 15.1. The SMILES string of the molecule is N#CC1(NCc2ccccc2)CNC1. The lowest BCUT2D eigenvalue weighted by Crippen LogP contribution is -2.66. The number of rotatable bonds is 3. The molecular weight excluding hydrogens is 174 g/mol. The molecule has 1 fully saturated rings. The van der Waals surface area contributed by atoms with Gasteiger partial charge >= 0.3 is 0 Å². The highest BCUT2D eigenvalue weighted by Gasteiger charge is 2.36. The third kappa shape index (κ3) is 1.77. The van der Waals surface area contributed by atoms with Gasteiger partial charge in [0.25, 0.3) is 0 Å². The minimum absolute atomic E-state index is 0.337. The lowest BCUT2D eigenvalue weighted by molar-refractivity contribution is 0.282. The molecule has 3 nitrogen and oxygen atoms in total. The molecule has 0 aliphatic carbocycles. The molecule has 0 amide bonds. The Morgan fingerprint density at radius 3 is 2.57 bits per heavy atom. The molecule has 0 saturated carbocycles. The Balaban J connectivity index is 1.92. The van der Waals surface area contributed by atoms with Crippen LogP contribution in [0.2, 0.25) is 0 Å². The molecule has 1 saturated heterocycles. The second-order valence-corrected chi connectivity index (χ2v) is 3.64. The summed E-state index contributed by atoms with van der Waals surface area (Å²) in [4.78, 5) is 0. The van der Waals surface area contributed by atoms with Crippen LogP contribution in [-0.2, 0) is 6.54 Å². The third-order valence-electron chi connectivity index (χ3n) is 2.54. The van der Waals surface area contributed by atoms with Gasteiger partial charge in [0.1, 0.15) is 5.54 Å². The first kappa shape index (κ1) is 9.20. The lowest BCUT2D eigenvalue weighted by Gasteiger charge is -2.37. The molecule has 0 aromatic heterocycles. The summed E-state index contributed by atoms with van der Waals surface area (Å²) in [6.07, 6.45) is 0. The van der Waals surface area contributed by atoms with Gasteiger partial charge in [-0.15, -0.1) is 0 Å². The average molecular weight is 187 g/mol. The predicted molar refractivity (Wildman–Crippen MR) is 54.5 cm³/mol. The molecule has 1 aromatic rings. The van der Waals surface area contributed by atoms with Crippen molar-refractivity contribution < 1.29 is 0 Å². The van der Waals surface area contributed by atoms with Crippen LogP contribution in [0.1, 0.15) is 5.56 Å². The first-order chi connectivity index (χ1) is 6.85. The van der Waals surface area contributed by atoms with Gasteiger partial charge in [0, 0.05) is 19.6 Å². The number of nitrogens with one attached hydrogen (secondary N) is 2. The molecule has 0 spiro atoms. The van der Waals surface area contributed by atoms with Gasteiger partial charge in [-0.2, -0.15) is 5.26 Å². The zero-order chi connectivity index (χ0) is 9.86. The molecule has 1 aliphatic rings. The molecule has 0 atom stereocenters. The summed E-state index contributed by atoms with van der Waals surface area (Å²) in [5, 5.41) is 15.3. The summed E-state index contributed by atoms with van der Waals surface area (Å²) in [5.74, 6) is 0. The molecule has 3 heteroatoms. The van der Waals surface area contributed by atoms with Crippen molar-refractivity contribution in [1.29, 1.82) is 5.26 Å². The van der Waals surface area contributed by atoms with E-state index < -0.39 is 0 Å². The maximum atomic E-state index is 8.96. The van der Waals surface area contributed by atoms with Gasteiger partial charge in [0.15, 0.2) is 0 Å². The number of benzene rings is 1. The van der Waals surface area contributed by atoms with Crippen molar-refractivity contribution in [2.24, 2.45) is 0 Å². The fourth-order valence-corrected chi connectivity index (χ4v) is 1.49. The van der Waals surface area contributed by atoms with Crippen LogP contribution < -0.4 is 10.6 Å². The lowest BCUT2D eigenvalue weighted by atomic mass is 9.94. The van der Waals surface area contributed by atoms with Crippen molar-refractivity contribution in [3.63, 3.8) is 0 Å². The Bertz CT molecular complexity index is 335. The second kappa shape index (κ2) is 3.79. The molecule has 2 rings (SSSR count). The van der Waals surface area contributed by atoms with Crippen LogP contribution >= 0.6 is 0 Å². The Labute approximate surface area is 83.7 Å². The Kier molecular flexibility index (Phi) is 2.49. The third-order valence-corrected chi connectivity index (χ3v) is 2.54. The van der Waals surface area contributed by atoms with E-state index in [9.17, 15) is 0 Å². The predicted octanol–water partition coefficient (Wildman–Crippen LogP) is 0.642. The van der Waals surface area contributed by atoms with Gasteiger partial charge < -0.3 is 5.32 Å². The number of hydrogen-bond acceptors (Lipinski definition) is 3.